The molecule has 40 heavy (non-hydrogen) atoms. The number of fused-ring (bicyclic) bond motifs is 4. The van der Waals surface area contributed by atoms with Crippen molar-refractivity contribution in [3.05, 3.63) is 85.8 Å². The smallest absolute Gasteiger partial charge is 0.332 e. The zero-order chi connectivity index (χ0) is 27.7. The van der Waals surface area contributed by atoms with Gasteiger partial charge in [-0.1, -0.05) is 11.6 Å². The summed E-state index contributed by atoms with van der Waals surface area (Å²) in [4.78, 5) is 41.0. The quantitative estimate of drug-likeness (QED) is 0.248. The molecular formula is C27H23ClF2N8O2. The van der Waals surface area contributed by atoms with Gasteiger partial charge in [0.05, 0.1) is 34.7 Å². The second-order valence-electron chi connectivity index (χ2n) is 10.6. The van der Waals surface area contributed by atoms with Crippen LogP contribution in [0.4, 0.5) is 14.5 Å². The molecule has 7 rings (SSSR count). The summed E-state index contributed by atoms with van der Waals surface area (Å²) < 4.78 is 32.0. The molecule has 2 fully saturated rings. The van der Waals surface area contributed by atoms with Crippen LogP contribution in [0.25, 0.3) is 21.9 Å². The number of aromatic nitrogens is 7. The second-order valence-corrected chi connectivity index (χ2v) is 11.0. The predicted octanol–water partition coefficient (Wildman–Crippen LogP) is 3.47. The molecule has 1 N–H and O–H groups in total. The minimum atomic E-state index is -1.17. The highest BCUT2D eigenvalue weighted by Crippen LogP contribution is 2.52. The zero-order valence-electron chi connectivity index (χ0n) is 21.3. The van der Waals surface area contributed by atoms with Crippen LogP contribution in [-0.2, 0) is 20.1 Å². The van der Waals surface area contributed by atoms with E-state index in [0.717, 1.165) is 35.3 Å². The second kappa shape index (κ2) is 9.19. The van der Waals surface area contributed by atoms with Gasteiger partial charge in [-0.25, -0.2) is 18.6 Å². The van der Waals surface area contributed by atoms with Gasteiger partial charge in [-0.3, -0.25) is 28.6 Å². The lowest BCUT2D eigenvalue weighted by atomic mass is 10.1. The van der Waals surface area contributed by atoms with E-state index in [1.165, 1.54) is 34.3 Å². The van der Waals surface area contributed by atoms with E-state index in [-0.39, 0.29) is 35.9 Å². The van der Waals surface area contributed by atoms with E-state index in [1.807, 2.05) is 0 Å². The number of halogens is 3. The summed E-state index contributed by atoms with van der Waals surface area (Å²) in [6.45, 7) is -0.374. The van der Waals surface area contributed by atoms with E-state index >= 15 is 0 Å². The van der Waals surface area contributed by atoms with E-state index in [1.54, 1.807) is 19.3 Å². The maximum atomic E-state index is 14.3. The highest BCUT2D eigenvalue weighted by molar-refractivity contribution is 6.30. The summed E-state index contributed by atoms with van der Waals surface area (Å²) in [5.74, 6) is -0.574. The highest BCUT2D eigenvalue weighted by atomic mass is 35.5. The summed E-state index contributed by atoms with van der Waals surface area (Å²) >= 11 is 5.92. The number of anilines is 1. The van der Waals surface area contributed by atoms with Crippen molar-refractivity contribution in [1.29, 1.82) is 0 Å². The Morgan fingerprint density at radius 1 is 0.975 bits per heavy atom. The maximum Gasteiger partial charge on any atom is 0.332 e. The summed E-state index contributed by atoms with van der Waals surface area (Å²) in [7, 11) is 1.68. The maximum absolute atomic E-state index is 14.3. The molecule has 3 aromatic heterocycles. The van der Waals surface area contributed by atoms with Gasteiger partial charge in [-0.15, -0.1) is 0 Å². The molecular weight excluding hydrogens is 542 g/mol. The molecule has 3 heterocycles. The molecule has 0 radical (unpaired) electrons. The number of nitrogens with one attached hydrogen (secondary N) is 1. The van der Waals surface area contributed by atoms with Gasteiger partial charge < -0.3 is 5.32 Å². The number of aryl methyl sites for hydroxylation is 1. The lowest BCUT2D eigenvalue weighted by Crippen LogP contribution is -2.41. The third-order valence-electron chi connectivity index (χ3n) is 7.87. The molecule has 0 bridgehead atoms. The van der Waals surface area contributed by atoms with Crippen molar-refractivity contribution < 1.29 is 8.78 Å². The van der Waals surface area contributed by atoms with Gasteiger partial charge >= 0.3 is 5.69 Å². The monoisotopic (exact) mass is 564 g/mol. The minimum absolute atomic E-state index is 0.173. The van der Waals surface area contributed by atoms with Crippen molar-refractivity contribution in [3.8, 4) is 0 Å². The van der Waals surface area contributed by atoms with Crippen molar-refractivity contribution in [3.63, 3.8) is 0 Å². The summed E-state index contributed by atoms with van der Waals surface area (Å²) in [5, 5.41) is 7.55. The average Bonchev–Trinajstić information content (AvgIpc) is 3.32. The standard InChI is InChI=1S/C27H23ClF2N8O2/c1-36-12-33-21(35-36)11-38-26(39)22-20(37(27(38)40)10-13-4-17(28)23(30)18(29)5-13)9-19(24-25(22)32-3-2-31-24)34-16-7-14-6-15(14)8-16/h2-5,9,12,14-16,34H,6-8,10-11H2,1H3. The lowest BCUT2D eigenvalue weighted by Gasteiger charge is -2.20. The Bertz CT molecular complexity index is 1920. The first-order chi connectivity index (χ1) is 19.3. The summed E-state index contributed by atoms with van der Waals surface area (Å²) in [5.41, 5.74) is 0.791. The lowest BCUT2D eigenvalue weighted by molar-refractivity contribution is 0.506. The van der Waals surface area contributed by atoms with Crippen LogP contribution in [-0.4, -0.2) is 39.9 Å². The van der Waals surface area contributed by atoms with E-state index in [9.17, 15) is 18.4 Å². The van der Waals surface area contributed by atoms with Gasteiger partial charge in [0.2, 0.25) is 0 Å². The molecule has 2 aliphatic rings. The fourth-order valence-corrected chi connectivity index (χ4v) is 6.18. The SMILES string of the molecule is Cn1cnc(Cn2c(=O)c3c4nccnc4c(NC4CC5CC5C4)cc3n(Cc3cc(F)c(F)c(Cl)c3)c2=O)n1. The molecule has 2 unspecified atom stereocenters. The van der Waals surface area contributed by atoms with Crippen LogP contribution in [0, 0.1) is 23.5 Å². The number of rotatable bonds is 6. The Labute approximate surface area is 230 Å². The van der Waals surface area contributed by atoms with E-state index in [2.05, 4.69) is 25.4 Å². The third-order valence-corrected chi connectivity index (χ3v) is 8.15. The topological polar surface area (TPSA) is 113 Å². The molecule has 2 aromatic carbocycles. The fourth-order valence-electron chi connectivity index (χ4n) is 5.95. The Morgan fingerprint density at radius 3 is 2.42 bits per heavy atom. The Kier molecular flexibility index (Phi) is 5.70. The number of hydrogen-bond donors (Lipinski definition) is 1. The minimum Gasteiger partial charge on any atom is -0.380 e. The highest BCUT2D eigenvalue weighted by Gasteiger charge is 2.45. The van der Waals surface area contributed by atoms with Crippen molar-refractivity contribution in [2.24, 2.45) is 18.9 Å². The first-order valence-corrected chi connectivity index (χ1v) is 13.3. The van der Waals surface area contributed by atoms with Crippen LogP contribution in [0.15, 0.2) is 46.5 Å². The molecule has 2 aliphatic carbocycles. The molecule has 2 atom stereocenters. The average molecular weight is 565 g/mol. The predicted molar refractivity (Wildman–Crippen MR) is 144 cm³/mol. The van der Waals surface area contributed by atoms with Crippen LogP contribution < -0.4 is 16.6 Å². The van der Waals surface area contributed by atoms with Crippen LogP contribution >= 0.6 is 11.6 Å². The van der Waals surface area contributed by atoms with Gasteiger partial charge in [-0.2, -0.15) is 5.10 Å². The number of hydrogen-bond acceptors (Lipinski definition) is 7. The van der Waals surface area contributed by atoms with Gasteiger partial charge in [-0.05, 0) is 54.9 Å². The summed E-state index contributed by atoms with van der Waals surface area (Å²) in [6, 6.07) is 4.22. The summed E-state index contributed by atoms with van der Waals surface area (Å²) in [6.07, 6.45) is 7.87. The Hall–Kier alpha value is -4.19. The molecule has 0 aliphatic heterocycles. The Morgan fingerprint density at radius 2 is 1.73 bits per heavy atom. The molecule has 0 spiro atoms. The van der Waals surface area contributed by atoms with Crippen molar-refractivity contribution in [2.45, 2.75) is 38.4 Å². The van der Waals surface area contributed by atoms with Gasteiger partial charge in [0.15, 0.2) is 17.5 Å². The van der Waals surface area contributed by atoms with Gasteiger partial charge in [0.1, 0.15) is 17.4 Å². The first kappa shape index (κ1) is 24.8. The molecule has 0 saturated heterocycles. The molecule has 204 valence electrons. The van der Waals surface area contributed by atoms with Crippen molar-refractivity contribution in [1.82, 2.24) is 33.9 Å². The van der Waals surface area contributed by atoms with Crippen LogP contribution in [0.5, 0.6) is 0 Å². The van der Waals surface area contributed by atoms with E-state index in [4.69, 9.17) is 11.6 Å². The molecule has 10 nitrogen and oxygen atoms in total. The normalized spacial score (nSPS) is 19.9. The fraction of sp³-hybridized carbons (Fsp3) is 0.333. The van der Waals surface area contributed by atoms with Crippen LogP contribution in [0.1, 0.15) is 30.7 Å². The zero-order valence-corrected chi connectivity index (χ0v) is 22.1. The first-order valence-electron chi connectivity index (χ1n) is 12.9. The Balaban J connectivity index is 1.47. The number of benzene rings is 2. The molecule has 0 amide bonds. The van der Waals surface area contributed by atoms with Crippen molar-refractivity contribution in [2.75, 3.05) is 5.32 Å². The molecule has 2 saturated carbocycles. The molecule has 5 aromatic rings. The number of nitrogens with zero attached hydrogens (tertiary/aromatic N) is 7. The van der Waals surface area contributed by atoms with Crippen LogP contribution in [0.3, 0.4) is 0 Å². The van der Waals surface area contributed by atoms with Gasteiger partial charge in [0.25, 0.3) is 5.56 Å². The van der Waals surface area contributed by atoms with Crippen LogP contribution in [0.2, 0.25) is 5.02 Å². The van der Waals surface area contributed by atoms with E-state index in [0.29, 0.717) is 22.2 Å². The largest absolute Gasteiger partial charge is 0.380 e. The van der Waals surface area contributed by atoms with E-state index < -0.39 is 27.9 Å². The third kappa shape index (κ3) is 4.14. The molecule has 13 heteroatoms. The van der Waals surface area contributed by atoms with Gasteiger partial charge in [0, 0.05) is 25.5 Å². The van der Waals surface area contributed by atoms with Crippen molar-refractivity contribution >= 4 is 39.2 Å².